The molecule has 0 radical (unpaired) electrons. The number of carbonyl (C=O) groups is 1. The lowest BCUT2D eigenvalue weighted by atomic mass is 10.1. The number of alkyl halides is 1. The molecule has 1 unspecified atom stereocenters. The summed E-state index contributed by atoms with van der Waals surface area (Å²) in [6, 6.07) is 4.19. The molecule has 2 aromatic rings. The van der Waals surface area contributed by atoms with Gasteiger partial charge in [0, 0.05) is 18.8 Å². The van der Waals surface area contributed by atoms with Crippen molar-refractivity contribution in [1.82, 2.24) is 4.98 Å². The first-order valence-electron chi connectivity index (χ1n) is 6.33. The molecular weight excluding hydrogens is 280 g/mol. The molecule has 0 spiro atoms. The van der Waals surface area contributed by atoms with E-state index in [0.717, 1.165) is 15.3 Å². The number of fused-ring (bicyclic) bond motifs is 1. The first-order chi connectivity index (χ1) is 9.10. The number of aryl methyl sites for hydroxylation is 2. The van der Waals surface area contributed by atoms with Crippen LogP contribution in [0.1, 0.15) is 17.5 Å². The third-order valence-corrected chi connectivity index (χ3v) is 5.21. The molecule has 1 aromatic heterocycles. The summed E-state index contributed by atoms with van der Waals surface area (Å²) in [7, 11) is 0. The second kappa shape index (κ2) is 4.76. The van der Waals surface area contributed by atoms with Crippen molar-refractivity contribution in [2.75, 3.05) is 17.3 Å². The van der Waals surface area contributed by atoms with E-state index in [1.54, 1.807) is 16.2 Å². The Morgan fingerprint density at radius 2 is 2.26 bits per heavy atom. The van der Waals surface area contributed by atoms with Gasteiger partial charge in [-0.25, -0.2) is 4.98 Å². The van der Waals surface area contributed by atoms with Gasteiger partial charge in [0.25, 0.3) is 0 Å². The molecule has 0 saturated carbocycles. The Balaban J connectivity index is 2.02. The van der Waals surface area contributed by atoms with Crippen LogP contribution in [0.15, 0.2) is 12.1 Å². The van der Waals surface area contributed by atoms with Crippen LogP contribution in [-0.4, -0.2) is 23.3 Å². The number of nitrogens with zero attached hydrogens (tertiary/aromatic N) is 2. The van der Waals surface area contributed by atoms with E-state index < -0.39 is 0 Å². The Labute approximate surface area is 121 Å². The second-order valence-corrected chi connectivity index (χ2v) is 6.40. The maximum absolute atomic E-state index is 12.0. The van der Waals surface area contributed by atoms with Gasteiger partial charge in [0.1, 0.15) is 0 Å². The van der Waals surface area contributed by atoms with Gasteiger partial charge < -0.3 is 0 Å². The number of aromatic nitrogens is 1. The molecule has 0 aliphatic carbocycles. The van der Waals surface area contributed by atoms with E-state index in [2.05, 4.69) is 31.0 Å². The Hall–Kier alpha value is -1.13. The van der Waals surface area contributed by atoms with Gasteiger partial charge in [0.05, 0.1) is 10.2 Å². The Morgan fingerprint density at radius 3 is 2.95 bits per heavy atom. The van der Waals surface area contributed by atoms with E-state index in [4.69, 9.17) is 11.6 Å². The number of halogens is 1. The highest BCUT2D eigenvalue weighted by Gasteiger charge is 2.31. The maximum Gasteiger partial charge on any atom is 0.229 e. The van der Waals surface area contributed by atoms with E-state index in [-0.39, 0.29) is 11.8 Å². The fourth-order valence-corrected chi connectivity index (χ4v) is 3.66. The largest absolute Gasteiger partial charge is 0.288 e. The fourth-order valence-electron chi connectivity index (χ4n) is 2.40. The summed E-state index contributed by atoms with van der Waals surface area (Å²) in [6.45, 7) is 4.85. The molecule has 1 aliphatic heterocycles. The number of carbonyl (C=O) groups excluding carboxylic acids is 1. The molecule has 19 heavy (non-hydrogen) atoms. The van der Waals surface area contributed by atoms with Crippen LogP contribution in [0.2, 0.25) is 0 Å². The van der Waals surface area contributed by atoms with Gasteiger partial charge in [0.15, 0.2) is 5.13 Å². The highest BCUT2D eigenvalue weighted by atomic mass is 35.5. The lowest BCUT2D eigenvalue weighted by Crippen LogP contribution is -2.24. The summed E-state index contributed by atoms with van der Waals surface area (Å²) in [4.78, 5) is 18.4. The average molecular weight is 295 g/mol. The van der Waals surface area contributed by atoms with Gasteiger partial charge in [-0.3, -0.25) is 9.69 Å². The molecule has 1 saturated heterocycles. The van der Waals surface area contributed by atoms with Crippen molar-refractivity contribution in [3.8, 4) is 0 Å². The van der Waals surface area contributed by atoms with Crippen molar-refractivity contribution >= 4 is 44.2 Å². The first-order valence-corrected chi connectivity index (χ1v) is 7.68. The molecule has 3 rings (SSSR count). The number of hydrogen-bond acceptors (Lipinski definition) is 3. The Kier molecular flexibility index (Phi) is 3.23. The van der Waals surface area contributed by atoms with Gasteiger partial charge in [-0.1, -0.05) is 17.4 Å². The van der Waals surface area contributed by atoms with Crippen molar-refractivity contribution in [2.24, 2.45) is 5.92 Å². The molecule has 1 aliphatic rings. The highest BCUT2D eigenvalue weighted by molar-refractivity contribution is 7.22. The van der Waals surface area contributed by atoms with Gasteiger partial charge in [-0.15, -0.1) is 11.6 Å². The molecule has 1 atom stereocenters. The first kappa shape index (κ1) is 12.9. The summed E-state index contributed by atoms with van der Waals surface area (Å²) in [5.41, 5.74) is 3.44. The zero-order valence-corrected chi connectivity index (χ0v) is 12.5. The fraction of sp³-hybridized carbons (Fsp3) is 0.429. The molecule has 1 fully saturated rings. The van der Waals surface area contributed by atoms with Crippen molar-refractivity contribution in [2.45, 2.75) is 20.3 Å². The van der Waals surface area contributed by atoms with Crippen molar-refractivity contribution < 1.29 is 4.79 Å². The number of amides is 1. The third-order valence-electron chi connectivity index (χ3n) is 3.73. The Bertz CT molecular complexity index is 652. The van der Waals surface area contributed by atoms with Crippen LogP contribution in [0.25, 0.3) is 10.2 Å². The lowest BCUT2D eigenvalue weighted by Gasteiger charge is -2.11. The van der Waals surface area contributed by atoms with Crippen LogP contribution in [0.4, 0.5) is 5.13 Å². The quantitative estimate of drug-likeness (QED) is 0.794. The predicted octanol–water partition coefficient (Wildman–Crippen LogP) is 3.50. The molecular formula is C14H15ClN2OS. The van der Waals surface area contributed by atoms with Gasteiger partial charge in [0.2, 0.25) is 5.91 Å². The SMILES string of the molecule is Cc1ccc2sc(N3CC(CCl)CC3=O)nc2c1C. The maximum atomic E-state index is 12.0. The van der Waals surface area contributed by atoms with Crippen molar-refractivity contribution in [3.63, 3.8) is 0 Å². The molecule has 2 heterocycles. The van der Waals surface area contributed by atoms with E-state index >= 15 is 0 Å². The molecule has 0 N–H and O–H groups in total. The van der Waals surface area contributed by atoms with Crippen LogP contribution < -0.4 is 4.90 Å². The number of hydrogen-bond donors (Lipinski definition) is 0. The number of rotatable bonds is 2. The minimum absolute atomic E-state index is 0.138. The van der Waals surface area contributed by atoms with Gasteiger partial charge in [-0.2, -0.15) is 0 Å². The lowest BCUT2D eigenvalue weighted by molar-refractivity contribution is -0.117. The normalized spacial score (nSPS) is 19.6. The molecule has 3 nitrogen and oxygen atoms in total. The zero-order chi connectivity index (χ0) is 13.6. The topological polar surface area (TPSA) is 33.2 Å². The number of benzene rings is 1. The summed E-state index contributed by atoms with van der Waals surface area (Å²) in [5.74, 6) is 0.925. The monoisotopic (exact) mass is 294 g/mol. The van der Waals surface area contributed by atoms with Crippen LogP contribution in [0, 0.1) is 19.8 Å². The van der Waals surface area contributed by atoms with E-state index in [9.17, 15) is 4.79 Å². The number of thiazole rings is 1. The van der Waals surface area contributed by atoms with Gasteiger partial charge >= 0.3 is 0 Å². The summed E-state index contributed by atoms with van der Waals surface area (Å²) in [6.07, 6.45) is 0.539. The van der Waals surface area contributed by atoms with Crippen LogP contribution in [0.3, 0.4) is 0 Å². The highest BCUT2D eigenvalue weighted by Crippen LogP contribution is 2.34. The minimum Gasteiger partial charge on any atom is -0.288 e. The molecule has 5 heteroatoms. The van der Waals surface area contributed by atoms with Crippen LogP contribution in [0.5, 0.6) is 0 Å². The number of anilines is 1. The van der Waals surface area contributed by atoms with Crippen LogP contribution in [-0.2, 0) is 4.79 Å². The summed E-state index contributed by atoms with van der Waals surface area (Å²) < 4.78 is 1.14. The average Bonchev–Trinajstić information content (AvgIpc) is 2.97. The third kappa shape index (κ3) is 2.13. The van der Waals surface area contributed by atoms with Crippen molar-refractivity contribution in [3.05, 3.63) is 23.3 Å². The standard InChI is InChI=1S/C14H15ClN2OS/c1-8-3-4-11-13(9(8)2)16-14(19-11)17-7-10(6-15)5-12(17)18/h3-4,10H,5-7H2,1-2H3. The van der Waals surface area contributed by atoms with Gasteiger partial charge in [-0.05, 0) is 37.0 Å². The summed E-state index contributed by atoms with van der Waals surface area (Å²) in [5, 5.41) is 0.807. The Morgan fingerprint density at radius 1 is 1.47 bits per heavy atom. The van der Waals surface area contributed by atoms with E-state index in [1.807, 2.05) is 0 Å². The predicted molar refractivity (Wildman–Crippen MR) is 80.3 cm³/mol. The van der Waals surface area contributed by atoms with E-state index in [0.29, 0.717) is 18.8 Å². The van der Waals surface area contributed by atoms with Crippen molar-refractivity contribution in [1.29, 1.82) is 0 Å². The second-order valence-electron chi connectivity index (χ2n) is 5.08. The molecule has 0 bridgehead atoms. The van der Waals surface area contributed by atoms with E-state index in [1.165, 1.54) is 11.1 Å². The smallest absolute Gasteiger partial charge is 0.229 e. The molecule has 1 amide bonds. The molecule has 100 valence electrons. The summed E-state index contributed by atoms with van der Waals surface area (Å²) >= 11 is 7.44. The zero-order valence-electron chi connectivity index (χ0n) is 10.9. The minimum atomic E-state index is 0.138. The molecule has 1 aromatic carbocycles. The van der Waals surface area contributed by atoms with Crippen LogP contribution >= 0.6 is 22.9 Å².